The van der Waals surface area contributed by atoms with Gasteiger partial charge in [-0.15, -0.1) is 0 Å². The Hall–Kier alpha value is -4.26. The van der Waals surface area contributed by atoms with Crippen molar-refractivity contribution in [2.45, 2.75) is 17.8 Å². The van der Waals surface area contributed by atoms with Crippen molar-refractivity contribution in [2.24, 2.45) is 0 Å². The zero-order chi connectivity index (χ0) is 26.4. The number of halogens is 6. The first kappa shape index (κ1) is 22.9. The molecule has 7 rings (SSSR count). The molecule has 0 fully saturated rings. The smallest absolute Gasteiger partial charge is 0.417 e. The van der Waals surface area contributed by atoms with E-state index in [9.17, 15) is 26.3 Å². The van der Waals surface area contributed by atoms with Crippen molar-refractivity contribution in [3.8, 4) is 22.6 Å². The maximum atomic E-state index is 14.5. The summed E-state index contributed by atoms with van der Waals surface area (Å²) < 4.78 is 91.8. The molecule has 0 aromatic heterocycles. The maximum absolute atomic E-state index is 14.5. The molecule has 0 N–H and O–H groups in total. The van der Waals surface area contributed by atoms with Gasteiger partial charge in [-0.1, -0.05) is 66.7 Å². The monoisotopic (exact) mass is 518 g/mol. The molecule has 0 bridgehead atoms. The van der Waals surface area contributed by atoms with Crippen molar-refractivity contribution in [1.29, 1.82) is 0 Å². The average Bonchev–Trinajstić information content (AvgIpc) is 3.18. The van der Waals surface area contributed by atoms with Crippen LogP contribution >= 0.6 is 0 Å². The summed E-state index contributed by atoms with van der Waals surface area (Å²) in [5.74, 6) is 0.758. The number of alkyl halides is 6. The molecule has 38 heavy (non-hydrogen) atoms. The minimum Gasteiger partial charge on any atom is -0.457 e. The zero-order valence-corrected chi connectivity index (χ0v) is 19.4. The minimum atomic E-state index is -4.69. The number of fused-ring (bicyclic) bond motifs is 11. The van der Waals surface area contributed by atoms with E-state index in [0.717, 1.165) is 18.2 Å². The normalized spacial score (nSPS) is 15.0. The number of benzene rings is 5. The molecule has 188 valence electrons. The van der Waals surface area contributed by atoms with Gasteiger partial charge in [0.2, 0.25) is 0 Å². The Bertz CT molecular complexity index is 1740. The summed E-state index contributed by atoms with van der Waals surface area (Å²) in [5, 5.41) is 0.326. The van der Waals surface area contributed by atoms with Gasteiger partial charge in [-0.05, 0) is 63.4 Å². The van der Waals surface area contributed by atoms with Crippen LogP contribution in [0.1, 0.15) is 33.4 Å². The summed E-state index contributed by atoms with van der Waals surface area (Å²) in [4.78, 5) is 0. The Morgan fingerprint density at radius 1 is 0.526 bits per heavy atom. The van der Waals surface area contributed by atoms with Gasteiger partial charge in [0.05, 0.1) is 16.5 Å². The largest absolute Gasteiger partial charge is 0.457 e. The first-order valence-corrected chi connectivity index (χ1v) is 11.8. The van der Waals surface area contributed by atoms with Gasteiger partial charge in [-0.2, -0.15) is 26.3 Å². The molecule has 7 heteroatoms. The van der Waals surface area contributed by atoms with E-state index in [1.54, 1.807) is 60.7 Å². The standard InChI is InChI=1S/C31H16F6O/c32-30(33,34)17-13-14-20-23(15-17)29(21-9-3-5-11-26(21)38-27-12-6-4-10-22(27)29)25-16-24(31(35,36)37)18-7-1-2-8-19(18)28(20)25/h1-16H. The van der Waals surface area contributed by atoms with Gasteiger partial charge in [0.1, 0.15) is 11.5 Å². The molecule has 1 heterocycles. The van der Waals surface area contributed by atoms with Gasteiger partial charge in [-0.25, -0.2) is 0 Å². The molecule has 0 radical (unpaired) electrons. The van der Waals surface area contributed by atoms with Gasteiger partial charge >= 0.3 is 12.4 Å². The van der Waals surface area contributed by atoms with E-state index >= 15 is 0 Å². The van der Waals surface area contributed by atoms with E-state index in [4.69, 9.17) is 4.74 Å². The molecular formula is C31H16F6O. The molecular weight excluding hydrogens is 502 g/mol. The zero-order valence-electron chi connectivity index (χ0n) is 19.4. The highest BCUT2D eigenvalue weighted by Crippen LogP contribution is 2.64. The molecule has 0 amide bonds. The number of rotatable bonds is 0. The molecule has 0 atom stereocenters. The highest BCUT2D eigenvalue weighted by Gasteiger charge is 2.53. The molecule has 5 aromatic carbocycles. The number of hydrogen-bond acceptors (Lipinski definition) is 1. The lowest BCUT2D eigenvalue weighted by atomic mass is 9.65. The van der Waals surface area contributed by atoms with Crippen LogP contribution in [-0.4, -0.2) is 0 Å². The van der Waals surface area contributed by atoms with Crippen molar-refractivity contribution in [3.05, 3.63) is 130 Å². The first-order valence-electron chi connectivity index (χ1n) is 11.8. The number of para-hydroxylation sites is 2. The highest BCUT2D eigenvalue weighted by atomic mass is 19.4. The molecule has 0 unspecified atom stereocenters. The summed E-state index contributed by atoms with van der Waals surface area (Å²) in [5.41, 5.74) is -0.685. The molecule has 1 spiro atoms. The van der Waals surface area contributed by atoms with Crippen LogP contribution in [0.3, 0.4) is 0 Å². The molecule has 2 aliphatic rings. The first-order chi connectivity index (χ1) is 18.1. The lowest BCUT2D eigenvalue weighted by Crippen LogP contribution is -2.32. The number of ether oxygens (including phenoxy) is 1. The van der Waals surface area contributed by atoms with Crippen molar-refractivity contribution in [1.82, 2.24) is 0 Å². The Morgan fingerprint density at radius 2 is 1.11 bits per heavy atom. The van der Waals surface area contributed by atoms with Crippen LogP contribution in [0.5, 0.6) is 11.5 Å². The Labute approximate surface area is 212 Å². The maximum Gasteiger partial charge on any atom is 0.417 e. The highest BCUT2D eigenvalue weighted by molar-refractivity contribution is 6.06. The minimum absolute atomic E-state index is 0.00437. The fraction of sp³-hybridized carbons (Fsp3) is 0.0968. The van der Waals surface area contributed by atoms with Gasteiger partial charge in [0.25, 0.3) is 0 Å². The lowest BCUT2D eigenvalue weighted by Gasteiger charge is -2.39. The van der Waals surface area contributed by atoms with Crippen molar-refractivity contribution in [2.75, 3.05) is 0 Å². The predicted octanol–water partition coefficient (Wildman–Crippen LogP) is 9.35. The van der Waals surface area contributed by atoms with E-state index in [0.29, 0.717) is 39.1 Å². The van der Waals surface area contributed by atoms with E-state index in [1.807, 2.05) is 0 Å². The molecule has 0 saturated heterocycles. The van der Waals surface area contributed by atoms with Crippen molar-refractivity contribution in [3.63, 3.8) is 0 Å². The summed E-state index contributed by atoms with van der Waals surface area (Å²) in [6.45, 7) is 0. The van der Waals surface area contributed by atoms with Crippen LogP contribution < -0.4 is 4.74 Å². The Balaban J connectivity index is 1.75. The number of hydrogen-bond donors (Lipinski definition) is 0. The average molecular weight is 518 g/mol. The SMILES string of the molecule is FC(F)(F)c1ccc2c(c1)C1(c3ccccc3Oc3ccccc31)c1cc(C(F)(F)F)c3ccccc3c1-2. The molecule has 1 aliphatic heterocycles. The summed E-state index contributed by atoms with van der Waals surface area (Å²) in [7, 11) is 0. The van der Waals surface area contributed by atoms with Crippen LogP contribution in [0.4, 0.5) is 26.3 Å². The fourth-order valence-electron chi connectivity index (χ4n) is 6.16. The third kappa shape index (κ3) is 2.90. The second-order valence-corrected chi connectivity index (χ2v) is 9.49. The van der Waals surface area contributed by atoms with Crippen LogP contribution in [-0.2, 0) is 17.8 Å². The van der Waals surface area contributed by atoms with E-state index in [2.05, 4.69) is 0 Å². The molecule has 5 aromatic rings. The van der Waals surface area contributed by atoms with Crippen LogP contribution in [0.25, 0.3) is 21.9 Å². The van der Waals surface area contributed by atoms with Crippen molar-refractivity contribution < 1.29 is 31.1 Å². The second kappa shape index (κ2) is 7.40. The predicted molar refractivity (Wildman–Crippen MR) is 131 cm³/mol. The van der Waals surface area contributed by atoms with E-state index in [1.165, 1.54) is 18.2 Å². The lowest BCUT2D eigenvalue weighted by molar-refractivity contribution is -0.138. The fourth-order valence-corrected chi connectivity index (χ4v) is 6.16. The van der Waals surface area contributed by atoms with Crippen LogP contribution in [0.15, 0.2) is 97.1 Å². The van der Waals surface area contributed by atoms with Crippen LogP contribution in [0, 0.1) is 0 Å². The quantitative estimate of drug-likeness (QED) is 0.182. The van der Waals surface area contributed by atoms with Gasteiger partial charge < -0.3 is 4.74 Å². The van der Waals surface area contributed by atoms with E-state index in [-0.39, 0.29) is 16.5 Å². The van der Waals surface area contributed by atoms with E-state index < -0.39 is 28.9 Å². The van der Waals surface area contributed by atoms with Crippen molar-refractivity contribution >= 4 is 10.8 Å². The molecule has 1 aliphatic carbocycles. The second-order valence-electron chi connectivity index (χ2n) is 9.49. The van der Waals surface area contributed by atoms with Crippen LogP contribution in [0.2, 0.25) is 0 Å². The van der Waals surface area contributed by atoms with Gasteiger partial charge in [0.15, 0.2) is 0 Å². The Morgan fingerprint density at radius 3 is 1.71 bits per heavy atom. The molecule has 1 nitrogen and oxygen atoms in total. The topological polar surface area (TPSA) is 9.23 Å². The third-order valence-electron chi connectivity index (χ3n) is 7.58. The molecule has 0 saturated carbocycles. The third-order valence-corrected chi connectivity index (χ3v) is 7.58. The van der Waals surface area contributed by atoms with Gasteiger partial charge in [-0.3, -0.25) is 0 Å². The summed E-state index contributed by atoms with van der Waals surface area (Å²) in [6, 6.07) is 24.4. The summed E-state index contributed by atoms with van der Waals surface area (Å²) in [6.07, 6.45) is -9.33. The summed E-state index contributed by atoms with van der Waals surface area (Å²) >= 11 is 0. The Kier molecular flexibility index (Phi) is 4.46. The van der Waals surface area contributed by atoms with Gasteiger partial charge in [0, 0.05) is 11.1 Å².